The number of rotatable bonds is 5. The predicted molar refractivity (Wildman–Crippen MR) is 107 cm³/mol. The van der Waals surface area contributed by atoms with Gasteiger partial charge in [0, 0.05) is 5.69 Å². The normalized spacial score (nSPS) is 19.7. The number of fused-ring (bicyclic) bond motifs is 1. The number of aromatic nitrogens is 2. The quantitative estimate of drug-likeness (QED) is 0.630. The number of carbonyl (C=O) groups is 1. The van der Waals surface area contributed by atoms with E-state index in [1.807, 2.05) is 35.7 Å². The fourth-order valence-corrected chi connectivity index (χ4v) is 4.23. The van der Waals surface area contributed by atoms with Crippen LogP contribution in [-0.4, -0.2) is 33.1 Å². The Labute approximate surface area is 161 Å². The first-order valence-corrected chi connectivity index (χ1v) is 10.1. The Morgan fingerprint density at radius 1 is 1.15 bits per heavy atom. The third-order valence-corrected chi connectivity index (χ3v) is 5.81. The van der Waals surface area contributed by atoms with Crippen molar-refractivity contribution in [1.29, 1.82) is 0 Å². The van der Waals surface area contributed by atoms with Crippen molar-refractivity contribution in [2.75, 3.05) is 5.32 Å². The molecule has 1 aliphatic carbocycles. The van der Waals surface area contributed by atoms with Crippen LogP contribution in [0, 0.1) is 0 Å². The molecule has 7 heteroatoms. The van der Waals surface area contributed by atoms with E-state index in [-0.39, 0.29) is 11.9 Å². The molecular weight excluding hydrogens is 360 g/mol. The minimum atomic E-state index is -0.420. The lowest BCUT2D eigenvalue weighted by Crippen LogP contribution is -2.45. The van der Waals surface area contributed by atoms with Gasteiger partial charge in [-0.2, -0.15) is 0 Å². The van der Waals surface area contributed by atoms with Gasteiger partial charge in [0.15, 0.2) is 5.82 Å². The number of hydrogen-bond acceptors (Lipinski definition) is 6. The van der Waals surface area contributed by atoms with E-state index < -0.39 is 6.10 Å². The minimum Gasteiger partial charge on any atom is -0.391 e. The molecule has 3 aromatic rings. The van der Waals surface area contributed by atoms with E-state index in [1.165, 1.54) is 0 Å². The molecule has 140 valence electrons. The van der Waals surface area contributed by atoms with Crippen molar-refractivity contribution in [3.63, 3.8) is 0 Å². The molecule has 2 heterocycles. The Balaban J connectivity index is 1.37. The van der Waals surface area contributed by atoms with Gasteiger partial charge in [0.25, 0.3) is 0 Å². The first kappa shape index (κ1) is 17.9. The summed E-state index contributed by atoms with van der Waals surface area (Å²) in [6, 6.07) is 9.62. The second-order valence-electron chi connectivity index (χ2n) is 6.88. The van der Waals surface area contributed by atoms with Gasteiger partial charge in [-0.3, -0.25) is 4.79 Å². The average Bonchev–Trinajstić information content (AvgIpc) is 3.15. The first-order valence-electron chi connectivity index (χ1n) is 9.20. The van der Waals surface area contributed by atoms with Crippen LogP contribution in [0.15, 0.2) is 42.0 Å². The lowest BCUT2D eigenvalue weighted by Gasteiger charge is -2.28. The molecule has 1 saturated carbocycles. The second kappa shape index (κ2) is 8.02. The molecule has 0 bridgehead atoms. The molecule has 1 aliphatic rings. The Kier molecular flexibility index (Phi) is 5.31. The zero-order chi connectivity index (χ0) is 18.6. The number of thiophene rings is 1. The highest BCUT2D eigenvalue weighted by molar-refractivity contribution is 7.17. The lowest BCUT2D eigenvalue weighted by atomic mass is 9.92. The maximum atomic E-state index is 12.3. The van der Waals surface area contributed by atoms with Crippen molar-refractivity contribution in [3.05, 3.63) is 47.6 Å². The topological polar surface area (TPSA) is 87.1 Å². The number of amides is 1. The van der Waals surface area contributed by atoms with Crippen LogP contribution in [0.1, 0.15) is 31.2 Å². The van der Waals surface area contributed by atoms with E-state index in [0.717, 1.165) is 53.0 Å². The summed E-state index contributed by atoms with van der Waals surface area (Å²) >= 11 is 1.60. The van der Waals surface area contributed by atoms with Crippen LogP contribution in [0.3, 0.4) is 0 Å². The van der Waals surface area contributed by atoms with E-state index >= 15 is 0 Å². The van der Waals surface area contributed by atoms with Gasteiger partial charge in [0.2, 0.25) is 5.91 Å². The van der Waals surface area contributed by atoms with Gasteiger partial charge < -0.3 is 15.7 Å². The van der Waals surface area contributed by atoms with Crippen molar-refractivity contribution >= 4 is 39.0 Å². The van der Waals surface area contributed by atoms with Gasteiger partial charge in [-0.05, 0) is 42.0 Å². The Morgan fingerprint density at radius 2 is 1.96 bits per heavy atom. The number of aliphatic hydroxyl groups is 1. The van der Waals surface area contributed by atoms with Crippen molar-refractivity contribution in [3.8, 4) is 0 Å². The van der Waals surface area contributed by atoms with E-state index in [1.54, 1.807) is 17.7 Å². The van der Waals surface area contributed by atoms with E-state index in [0.29, 0.717) is 6.42 Å². The maximum Gasteiger partial charge on any atom is 0.224 e. The molecule has 1 aromatic carbocycles. The number of nitrogens with one attached hydrogen (secondary N) is 2. The van der Waals surface area contributed by atoms with Crippen LogP contribution in [0.2, 0.25) is 0 Å². The summed E-state index contributed by atoms with van der Waals surface area (Å²) < 4.78 is 1.02. The molecule has 1 amide bonds. The lowest BCUT2D eigenvalue weighted by molar-refractivity contribution is -0.122. The summed E-state index contributed by atoms with van der Waals surface area (Å²) in [6.07, 6.45) is 5.16. The molecule has 4 rings (SSSR count). The first-order chi connectivity index (χ1) is 13.2. The van der Waals surface area contributed by atoms with Crippen LogP contribution < -0.4 is 10.6 Å². The van der Waals surface area contributed by atoms with Gasteiger partial charge >= 0.3 is 0 Å². The molecule has 0 aliphatic heterocycles. The summed E-state index contributed by atoms with van der Waals surface area (Å²) in [6.45, 7) is 0. The third kappa shape index (κ3) is 4.26. The number of benzene rings is 1. The number of anilines is 2. The van der Waals surface area contributed by atoms with Crippen LogP contribution in [0.25, 0.3) is 10.2 Å². The Morgan fingerprint density at radius 3 is 2.78 bits per heavy atom. The fourth-order valence-electron chi connectivity index (χ4n) is 3.44. The van der Waals surface area contributed by atoms with Crippen molar-refractivity contribution in [1.82, 2.24) is 15.3 Å². The van der Waals surface area contributed by atoms with Crippen LogP contribution in [0.4, 0.5) is 11.5 Å². The molecule has 6 nitrogen and oxygen atoms in total. The molecule has 0 saturated heterocycles. The van der Waals surface area contributed by atoms with E-state index in [9.17, 15) is 9.90 Å². The summed E-state index contributed by atoms with van der Waals surface area (Å²) in [7, 11) is 0. The van der Waals surface area contributed by atoms with Crippen LogP contribution in [-0.2, 0) is 11.2 Å². The molecule has 0 unspecified atom stereocenters. The average molecular weight is 382 g/mol. The highest BCUT2D eigenvalue weighted by atomic mass is 32.1. The summed E-state index contributed by atoms with van der Waals surface area (Å²) in [5.74, 6) is 0.740. The number of aliphatic hydroxyl groups excluding tert-OH is 1. The smallest absolute Gasteiger partial charge is 0.224 e. The van der Waals surface area contributed by atoms with Gasteiger partial charge in [0.1, 0.15) is 6.33 Å². The van der Waals surface area contributed by atoms with Gasteiger partial charge in [0.05, 0.1) is 28.8 Å². The van der Waals surface area contributed by atoms with Gasteiger partial charge in [-0.25, -0.2) is 9.97 Å². The monoisotopic (exact) mass is 382 g/mol. The highest BCUT2D eigenvalue weighted by Gasteiger charge is 2.24. The number of hydrogen-bond donors (Lipinski definition) is 3. The summed E-state index contributed by atoms with van der Waals surface area (Å²) in [5, 5.41) is 18.3. The molecule has 0 spiro atoms. The van der Waals surface area contributed by atoms with Crippen molar-refractivity contribution in [2.45, 2.75) is 44.2 Å². The molecule has 0 radical (unpaired) electrons. The van der Waals surface area contributed by atoms with Crippen LogP contribution >= 0.6 is 11.3 Å². The molecule has 2 atom stereocenters. The number of nitrogens with zero attached hydrogens (tertiary/aromatic N) is 2. The summed E-state index contributed by atoms with van der Waals surface area (Å²) in [5.41, 5.74) is 2.78. The Hall–Kier alpha value is -2.51. The molecule has 2 aromatic heterocycles. The molecular formula is C20H22N4O2S. The van der Waals surface area contributed by atoms with Gasteiger partial charge in [-0.1, -0.05) is 25.0 Å². The highest BCUT2D eigenvalue weighted by Crippen LogP contribution is 2.27. The zero-order valence-corrected chi connectivity index (χ0v) is 15.7. The van der Waals surface area contributed by atoms with Crippen LogP contribution in [0.5, 0.6) is 0 Å². The zero-order valence-electron chi connectivity index (χ0n) is 14.9. The second-order valence-corrected chi connectivity index (χ2v) is 7.80. The van der Waals surface area contributed by atoms with E-state index in [2.05, 4.69) is 20.6 Å². The molecule has 1 fully saturated rings. The standard InChI is InChI=1S/C20H22N4O2S/c25-17-4-2-1-3-15(17)24-18(26)11-13-5-7-14(8-6-13)23-20-19-16(9-10-27-19)21-12-22-20/h5-10,12,15,17,25H,1-4,11H2,(H,24,26)(H,21,22,23)/t15-,17+/m1/s1. The largest absolute Gasteiger partial charge is 0.391 e. The fraction of sp³-hybridized carbons (Fsp3) is 0.350. The minimum absolute atomic E-state index is 0.0437. The number of carbonyl (C=O) groups excluding carboxylic acids is 1. The molecule has 3 N–H and O–H groups in total. The summed E-state index contributed by atoms with van der Waals surface area (Å²) in [4.78, 5) is 20.8. The maximum absolute atomic E-state index is 12.3. The Bertz CT molecular complexity index is 925. The van der Waals surface area contributed by atoms with E-state index in [4.69, 9.17) is 0 Å². The van der Waals surface area contributed by atoms with Crippen molar-refractivity contribution in [2.24, 2.45) is 0 Å². The third-order valence-electron chi connectivity index (χ3n) is 4.90. The van der Waals surface area contributed by atoms with Crippen molar-refractivity contribution < 1.29 is 9.90 Å². The predicted octanol–water partition coefficient (Wildman–Crippen LogP) is 3.40. The SMILES string of the molecule is O=C(Cc1ccc(Nc2ncnc3ccsc23)cc1)N[C@@H]1CCCC[C@@H]1O. The molecule has 27 heavy (non-hydrogen) atoms. The van der Waals surface area contributed by atoms with Gasteiger partial charge in [-0.15, -0.1) is 11.3 Å².